The van der Waals surface area contributed by atoms with Crippen LogP contribution in [0.5, 0.6) is 0 Å². The van der Waals surface area contributed by atoms with Gasteiger partial charge in [0.25, 0.3) is 0 Å². The number of allylic oxidation sites excluding steroid dienone is 1. The van der Waals surface area contributed by atoms with Crippen molar-refractivity contribution in [3.05, 3.63) is 11.6 Å². The average molecular weight is 513 g/mol. The number of ether oxygens (including phenoxy) is 2. The monoisotopic (exact) mass is 512 g/mol. The van der Waals surface area contributed by atoms with Gasteiger partial charge in [-0.1, -0.05) is 25.5 Å². The van der Waals surface area contributed by atoms with Crippen molar-refractivity contribution in [2.75, 3.05) is 6.61 Å². The molecule has 0 spiro atoms. The highest BCUT2D eigenvalue weighted by Gasteiger charge is 2.68. The number of esters is 2. The number of carbonyl (C=O) groups excluding carboxylic acids is 3. The van der Waals surface area contributed by atoms with Crippen LogP contribution >= 0.6 is 7.82 Å². The zero-order valence-electron chi connectivity index (χ0n) is 21.0. The molecule has 0 aliphatic heterocycles. The molecular weight excluding hydrogens is 475 g/mol. The highest BCUT2D eigenvalue weighted by Crippen LogP contribution is 2.68. The molecule has 9 nitrogen and oxygen atoms in total. The average Bonchev–Trinajstić information content (AvgIpc) is 3.04. The molecule has 0 aromatic rings. The highest BCUT2D eigenvalue weighted by molar-refractivity contribution is 7.46. The van der Waals surface area contributed by atoms with Gasteiger partial charge in [0.1, 0.15) is 0 Å². The Kier molecular flexibility index (Phi) is 6.89. The molecule has 35 heavy (non-hydrogen) atoms. The Morgan fingerprint density at radius 3 is 2.34 bits per heavy atom. The molecule has 4 unspecified atom stereocenters. The lowest BCUT2D eigenvalue weighted by molar-refractivity contribution is -0.190. The van der Waals surface area contributed by atoms with Crippen LogP contribution in [-0.2, 0) is 32.9 Å². The van der Waals surface area contributed by atoms with Crippen LogP contribution in [0.1, 0.15) is 79.1 Å². The first-order chi connectivity index (χ1) is 16.2. The normalized spacial score (nSPS) is 40.6. The van der Waals surface area contributed by atoms with Crippen LogP contribution in [0, 0.1) is 28.6 Å². The van der Waals surface area contributed by atoms with Crippen LogP contribution in [0.3, 0.4) is 0 Å². The highest BCUT2D eigenvalue weighted by atomic mass is 31.2. The van der Waals surface area contributed by atoms with Crippen molar-refractivity contribution in [2.45, 2.75) is 90.8 Å². The summed E-state index contributed by atoms with van der Waals surface area (Å²) in [5.74, 6) is -0.559. The molecule has 4 rings (SSSR count). The van der Waals surface area contributed by atoms with Crippen molar-refractivity contribution in [2.24, 2.45) is 28.6 Å². The first kappa shape index (κ1) is 26.5. The van der Waals surface area contributed by atoms with Gasteiger partial charge in [0.05, 0.1) is 6.10 Å². The maximum atomic E-state index is 13.4. The number of hydrogen-bond donors (Lipinski definition) is 2. The van der Waals surface area contributed by atoms with E-state index in [1.54, 1.807) is 0 Å². The smallest absolute Gasteiger partial charge is 0.458 e. The fourth-order valence-corrected chi connectivity index (χ4v) is 8.69. The van der Waals surface area contributed by atoms with E-state index in [9.17, 15) is 28.7 Å². The molecule has 196 valence electrons. The van der Waals surface area contributed by atoms with Gasteiger partial charge in [0, 0.05) is 19.3 Å². The lowest BCUT2D eigenvalue weighted by Gasteiger charge is -2.59. The minimum Gasteiger partial charge on any atom is -0.458 e. The SMILES string of the molecule is CC(=O)OCC(=O)[C@@]1(OC(C)=O)CCC2C3CC=C4CC(OP(=O)(O)O)CC[C@]4(C)C3CC[C@@]21C. The Morgan fingerprint density at radius 1 is 1.03 bits per heavy atom. The summed E-state index contributed by atoms with van der Waals surface area (Å²) in [6.07, 6.45) is 7.18. The van der Waals surface area contributed by atoms with E-state index >= 15 is 0 Å². The summed E-state index contributed by atoms with van der Waals surface area (Å²) in [6, 6.07) is 0. The van der Waals surface area contributed by atoms with Crippen LogP contribution in [0.4, 0.5) is 0 Å². The van der Waals surface area contributed by atoms with E-state index in [0.29, 0.717) is 37.5 Å². The van der Waals surface area contributed by atoms with Crippen molar-refractivity contribution < 1.29 is 42.7 Å². The van der Waals surface area contributed by atoms with Gasteiger partial charge in [-0.15, -0.1) is 0 Å². The van der Waals surface area contributed by atoms with Crippen molar-refractivity contribution in [3.8, 4) is 0 Å². The molecule has 2 N–H and O–H groups in total. The van der Waals surface area contributed by atoms with Crippen molar-refractivity contribution in [1.82, 2.24) is 0 Å². The van der Waals surface area contributed by atoms with Gasteiger partial charge >= 0.3 is 19.8 Å². The fourth-order valence-electron chi connectivity index (χ4n) is 8.12. The van der Waals surface area contributed by atoms with Gasteiger partial charge in [-0.2, -0.15) is 0 Å². The fraction of sp³-hybridized carbons (Fsp3) is 0.800. The number of phosphoric ester groups is 1. The van der Waals surface area contributed by atoms with E-state index in [0.717, 1.165) is 25.7 Å². The van der Waals surface area contributed by atoms with E-state index < -0.39 is 43.5 Å². The van der Waals surface area contributed by atoms with E-state index in [2.05, 4.69) is 19.9 Å². The molecule has 4 aliphatic rings. The number of ketones is 1. The van der Waals surface area contributed by atoms with Crippen LogP contribution in [-0.4, -0.2) is 45.8 Å². The number of carbonyl (C=O) groups is 3. The summed E-state index contributed by atoms with van der Waals surface area (Å²) in [5, 5.41) is 0. The number of phosphoric acid groups is 1. The molecule has 0 amide bonds. The molecule has 4 aliphatic carbocycles. The Balaban J connectivity index is 1.61. The number of Topliss-reactive ketones (excluding diaryl/α,β-unsaturated/α-hetero) is 1. The lowest BCUT2D eigenvalue weighted by atomic mass is 9.46. The van der Waals surface area contributed by atoms with E-state index in [4.69, 9.17) is 14.0 Å². The van der Waals surface area contributed by atoms with E-state index in [-0.39, 0.29) is 17.1 Å². The van der Waals surface area contributed by atoms with Crippen LogP contribution in [0.15, 0.2) is 11.6 Å². The number of fused-ring (bicyclic) bond motifs is 5. The summed E-state index contributed by atoms with van der Waals surface area (Å²) in [6.45, 7) is 6.48. The van der Waals surface area contributed by atoms with E-state index in [1.807, 2.05) is 0 Å². The van der Waals surface area contributed by atoms with Crippen LogP contribution in [0.2, 0.25) is 0 Å². The quantitative estimate of drug-likeness (QED) is 0.309. The van der Waals surface area contributed by atoms with Gasteiger partial charge in [0.15, 0.2) is 12.2 Å². The molecular formula is C25H37O9P. The summed E-state index contributed by atoms with van der Waals surface area (Å²) in [4.78, 5) is 55.5. The zero-order chi connectivity index (χ0) is 25.8. The molecule has 0 radical (unpaired) electrons. The third kappa shape index (κ3) is 4.54. The molecule has 0 heterocycles. The summed E-state index contributed by atoms with van der Waals surface area (Å²) in [7, 11) is -4.54. The maximum Gasteiger partial charge on any atom is 0.469 e. The molecule has 10 heteroatoms. The van der Waals surface area contributed by atoms with Crippen molar-refractivity contribution >= 4 is 25.5 Å². The second-order valence-electron chi connectivity index (χ2n) is 11.3. The molecule has 3 fully saturated rings. The van der Waals surface area contributed by atoms with E-state index in [1.165, 1.54) is 19.4 Å². The minimum absolute atomic E-state index is 0.0898. The predicted molar refractivity (Wildman–Crippen MR) is 125 cm³/mol. The minimum atomic E-state index is -4.54. The molecule has 3 saturated carbocycles. The summed E-state index contributed by atoms with van der Waals surface area (Å²) in [5.41, 5.74) is -0.737. The van der Waals surface area contributed by atoms with Crippen molar-refractivity contribution in [1.29, 1.82) is 0 Å². The predicted octanol–water partition coefficient (Wildman–Crippen LogP) is 3.86. The second-order valence-corrected chi connectivity index (χ2v) is 12.5. The van der Waals surface area contributed by atoms with Crippen LogP contribution < -0.4 is 0 Å². The van der Waals surface area contributed by atoms with Gasteiger partial charge in [-0.05, 0) is 74.5 Å². The van der Waals surface area contributed by atoms with Crippen molar-refractivity contribution in [3.63, 3.8) is 0 Å². The molecule has 0 bridgehead atoms. The third-order valence-corrected chi connectivity index (χ3v) is 10.2. The molecule has 0 saturated heterocycles. The first-order valence-electron chi connectivity index (χ1n) is 12.5. The van der Waals surface area contributed by atoms with Gasteiger partial charge in [-0.3, -0.25) is 18.9 Å². The Morgan fingerprint density at radius 2 is 1.71 bits per heavy atom. The first-order valence-corrected chi connectivity index (χ1v) is 14.0. The lowest BCUT2D eigenvalue weighted by Crippen LogP contribution is -2.59. The number of hydrogen-bond acceptors (Lipinski definition) is 7. The molecule has 0 aromatic carbocycles. The standard InChI is InChI=1S/C25H37O9P/c1-15(26)32-14-22(28)25(33-16(2)27)12-9-21-19-6-5-17-13-18(34-35(29,30)31)7-10-23(17,3)20(19)8-11-24(21,25)4/h5,18-21H,6-14H2,1-4H3,(H2,29,30,31)/t18?,19?,20?,21?,23-,24-,25-/m0/s1. The van der Waals surface area contributed by atoms with Gasteiger partial charge < -0.3 is 19.3 Å². The Bertz CT molecular complexity index is 985. The van der Waals surface area contributed by atoms with Crippen LogP contribution in [0.25, 0.3) is 0 Å². The second kappa shape index (κ2) is 9.09. The van der Waals surface area contributed by atoms with Gasteiger partial charge in [0.2, 0.25) is 5.78 Å². The van der Waals surface area contributed by atoms with Gasteiger partial charge in [-0.25, -0.2) is 4.57 Å². The topological polar surface area (TPSA) is 136 Å². The summed E-state index contributed by atoms with van der Waals surface area (Å²) >= 11 is 0. The largest absolute Gasteiger partial charge is 0.469 e. The zero-order valence-corrected chi connectivity index (χ0v) is 21.8. The number of rotatable bonds is 6. The Labute approximate surface area is 206 Å². The summed E-state index contributed by atoms with van der Waals surface area (Å²) < 4.78 is 27.3. The molecule has 0 aromatic heterocycles. The third-order valence-electron chi connectivity index (χ3n) is 9.64. The molecule has 7 atom stereocenters. The maximum absolute atomic E-state index is 13.4. The Hall–Kier alpha value is -1.54.